The van der Waals surface area contributed by atoms with E-state index in [1.165, 1.54) is 5.56 Å². The summed E-state index contributed by atoms with van der Waals surface area (Å²) in [5.41, 5.74) is 5.36. The first kappa shape index (κ1) is 20.9. The highest BCUT2D eigenvalue weighted by atomic mass is 16.5. The van der Waals surface area contributed by atoms with Crippen LogP contribution in [0.1, 0.15) is 43.1 Å². The van der Waals surface area contributed by atoms with Gasteiger partial charge >= 0.3 is 5.97 Å². The van der Waals surface area contributed by atoms with Crippen LogP contribution in [-0.4, -0.2) is 19.1 Å². The molecule has 0 saturated carbocycles. The molecule has 1 heterocycles. The molecule has 4 heteroatoms. The van der Waals surface area contributed by atoms with Gasteiger partial charge in [-0.1, -0.05) is 43.7 Å². The van der Waals surface area contributed by atoms with E-state index in [-0.39, 0.29) is 5.97 Å². The fourth-order valence-electron chi connectivity index (χ4n) is 4.03. The third kappa shape index (κ3) is 4.11. The van der Waals surface area contributed by atoms with Gasteiger partial charge in [0.15, 0.2) is 0 Å². The van der Waals surface area contributed by atoms with E-state index >= 15 is 0 Å². The number of hydrogen-bond acceptors (Lipinski definition) is 4. The predicted molar refractivity (Wildman–Crippen MR) is 124 cm³/mol. The fourth-order valence-corrected chi connectivity index (χ4v) is 4.03. The zero-order chi connectivity index (χ0) is 21.8. The number of fused-ring (bicyclic) bond motifs is 2. The lowest BCUT2D eigenvalue weighted by molar-refractivity contribution is 0.0527. The van der Waals surface area contributed by atoms with Gasteiger partial charge in [0.2, 0.25) is 0 Å². The maximum absolute atomic E-state index is 12.7. The van der Waals surface area contributed by atoms with Crippen LogP contribution in [-0.2, 0) is 11.2 Å². The molecule has 0 bridgehead atoms. The van der Waals surface area contributed by atoms with Crippen molar-refractivity contribution in [1.29, 1.82) is 0 Å². The Kier molecular flexibility index (Phi) is 6.17. The molecule has 0 amide bonds. The lowest BCUT2D eigenvalue weighted by Crippen LogP contribution is -2.08. The third-order valence-corrected chi connectivity index (χ3v) is 5.34. The van der Waals surface area contributed by atoms with Gasteiger partial charge in [-0.2, -0.15) is 0 Å². The maximum atomic E-state index is 12.7. The van der Waals surface area contributed by atoms with Gasteiger partial charge in [-0.05, 0) is 55.7 Å². The zero-order valence-electron chi connectivity index (χ0n) is 18.3. The average Bonchev–Trinajstić information content (AvgIpc) is 2.78. The second-order valence-corrected chi connectivity index (χ2v) is 7.48. The van der Waals surface area contributed by atoms with Crippen LogP contribution in [0.4, 0.5) is 0 Å². The highest BCUT2D eigenvalue weighted by molar-refractivity contribution is 6.07. The monoisotopic (exact) mass is 413 g/mol. The van der Waals surface area contributed by atoms with Gasteiger partial charge in [-0.3, -0.25) is 4.99 Å². The highest BCUT2D eigenvalue weighted by Gasteiger charge is 2.22. The first-order valence-corrected chi connectivity index (χ1v) is 10.9. The second-order valence-electron chi connectivity index (χ2n) is 7.48. The molecule has 158 valence electrons. The van der Waals surface area contributed by atoms with Crippen molar-refractivity contribution in [1.82, 2.24) is 0 Å². The first-order chi connectivity index (χ1) is 15.2. The summed E-state index contributed by atoms with van der Waals surface area (Å²) in [6, 6.07) is 20.0. The van der Waals surface area contributed by atoms with Crippen molar-refractivity contribution in [3.05, 3.63) is 77.1 Å². The molecular weight excluding hydrogens is 386 g/mol. The van der Waals surface area contributed by atoms with E-state index in [9.17, 15) is 4.79 Å². The van der Waals surface area contributed by atoms with Crippen molar-refractivity contribution < 1.29 is 13.9 Å². The SMILES string of the molecule is CCCc1ccc2c(-c3ccccc3C(=O)OCC)c3ccc(=NCC)cc-3oc2c1. The maximum Gasteiger partial charge on any atom is 0.338 e. The quantitative estimate of drug-likeness (QED) is 0.277. The van der Waals surface area contributed by atoms with Crippen LogP contribution in [0.2, 0.25) is 0 Å². The molecule has 0 aromatic heterocycles. The Morgan fingerprint density at radius 1 is 0.968 bits per heavy atom. The van der Waals surface area contributed by atoms with Gasteiger partial charge in [0, 0.05) is 29.1 Å². The smallest absolute Gasteiger partial charge is 0.338 e. The van der Waals surface area contributed by atoms with Crippen LogP contribution in [0.3, 0.4) is 0 Å². The van der Waals surface area contributed by atoms with Crippen molar-refractivity contribution in [2.24, 2.45) is 4.99 Å². The molecule has 4 rings (SSSR count). The summed E-state index contributed by atoms with van der Waals surface area (Å²) in [6.45, 7) is 7.04. The van der Waals surface area contributed by atoms with Crippen LogP contribution < -0.4 is 5.36 Å². The minimum atomic E-state index is -0.319. The Labute approximate surface area is 182 Å². The summed E-state index contributed by atoms with van der Waals surface area (Å²) in [5, 5.41) is 1.86. The molecule has 0 radical (unpaired) electrons. The fraction of sp³-hybridized carbons (Fsp3) is 0.259. The third-order valence-electron chi connectivity index (χ3n) is 5.34. The van der Waals surface area contributed by atoms with Gasteiger partial charge in [-0.25, -0.2) is 4.79 Å². The van der Waals surface area contributed by atoms with E-state index < -0.39 is 0 Å². The molecular formula is C27H27NO3. The molecule has 4 nitrogen and oxygen atoms in total. The van der Waals surface area contributed by atoms with Crippen molar-refractivity contribution in [2.45, 2.75) is 33.6 Å². The van der Waals surface area contributed by atoms with E-state index in [0.29, 0.717) is 18.7 Å². The van der Waals surface area contributed by atoms with Crippen molar-refractivity contribution in [3.63, 3.8) is 0 Å². The van der Waals surface area contributed by atoms with Gasteiger partial charge in [0.05, 0.1) is 17.5 Å². The molecule has 1 aliphatic heterocycles. The minimum Gasteiger partial charge on any atom is -0.462 e. The molecule has 1 aliphatic carbocycles. The molecule has 0 spiro atoms. The van der Waals surface area contributed by atoms with Crippen LogP contribution in [0, 0.1) is 0 Å². The number of esters is 1. The average molecular weight is 414 g/mol. The number of hydrogen-bond donors (Lipinski definition) is 0. The molecule has 2 aromatic rings. The molecule has 0 unspecified atom stereocenters. The Morgan fingerprint density at radius 2 is 1.81 bits per heavy atom. The second kappa shape index (κ2) is 9.17. The Balaban J connectivity index is 2.08. The van der Waals surface area contributed by atoms with Gasteiger partial charge in [0.25, 0.3) is 0 Å². The largest absolute Gasteiger partial charge is 0.462 e. The summed E-state index contributed by atoms with van der Waals surface area (Å²) in [6.07, 6.45) is 2.06. The van der Waals surface area contributed by atoms with Crippen molar-refractivity contribution in [2.75, 3.05) is 13.2 Å². The van der Waals surface area contributed by atoms with E-state index in [0.717, 1.165) is 51.6 Å². The van der Waals surface area contributed by atoms with Crippen LogP contribution in [0.25, 0.3) is 33.4 Å². The molecule has 0 saturated heterocycles. The van der Waals surface area contributed by atoms with E-state index in [1.54, 1.807) is 0 Å². The van der Waals surface area contributed by atoms with E-state index in [1.807, 2.05) is 56.3 Å². The topological polar surface area (TPSA) is 51.8 Å². The number of aryl methyl sites for hydroxylation is 1. The molecule has 0 N–H and O–H groups in total. The summed E-state index contributed by atoms with van der Waals surface area (Å²) in [7, 11) is 0. The molecule has 2 aliphatic rings. The minimum absolute atomic E-state index is 0.319. The number of rotatable bonds is 6. The number of nitrogens with zero attached hydrogens (tertiary/aromatic N) is 1. The zero-order valence-corrected chi connectivity index (χ0v) is 18.3. The van der Waals surface area contributed by atoms with Gasteiger partial charge in [-0.15, -0.1) is 0 Å². The number of carbonyl (C=O) groups is 1. The molecule has 0 fully saturated rings. The number of benzene rings is 3. The standard InChI is InChI=1S/C27H27NO3/c1-4-9-18-12-14-22-24(16-18)31-25-17-19(28-5-2)13-15-23(25)26(22)20-10-7-8-11-21(20)27(29)30-6-3/h7-8,10-17H,4-6,9H2,1-3H3. The first-order valence-electron chi connectivity index (χ1n) is 10.9. The Bertz CT molecular complexity index is 1270. The van der Waals surface area contributed by atoms with Crippen molar-refractivity contribution in [3.8, 4) is 22.5 Å². The highest BCUT2D eigenvalue weighted by Crippen LogP contribution is 2.41. The van der Waals surface area contributed by atoms with Gasteiger partial charge in [0.1, 0.15) is 11.3 Å². The Hall–Kier alpha value is -3.40. The summed E-state index contributed by atoms with van der Waals surface area (Å²) < 4.78 is 11.7. The summed E-state index contributed by atoms with van der Waals surface area (Å²) in [4.78, 5) is 17.3. The lowest BCUT2D eigenvalue weighted by atomic mass is 9.90. The Morgan fingerprint density at radius 3 is 2.58 bits per heavy atom. The summed E-state index contributed by atoms with van der Waals surface area (Å²) >= 11 is 0. The predicted octanol–water partition coefficient (Wildman–Crippen LogP) is 6.25. The molecule has 0 atom stereocenters. The van der Waals surface area contributed by atoms with E-state index in [2.05, 4.69) is 30.1 Å². The van der Waals surface area contributed by atoms with Crippen LogP contribution >= 0.6 is 0 Å². The van der Waals surface area contributed by atoms with Gasteiger partial charge < -0.3 is 9.15 Å². The number of ether oxygens (including phenoxy) is 1. The molecule has 31 heavy (non-hydrogen) atoms. The van der Waals surface area contributed by atoms with Crippen LogP contribution in [0.5, 0.6) is 0 Å². The summed E-state index contributed by atoms with van der Waals surface area (Å²) in [5.74, 6) is 0.435. The number of carbonyl (C=O) groups excluding carboxylic acids is 1. The normalized spacial score (nSPS) is 11.9. The lowest BCUT2D eigenvalue weighted by Gasteiger charge is -2.18. The van der Waals surface area contributed by atoms with E-state index in [4.69, 9.17) is 9.15 Å². The molecule has 2 aromatic carbocycles. The van der Waals surface area contributed by atoms with Crippen LogP contribution in [0.15, 0.2) is 70.1 Å². The van der Waals surface area contributed by atoms with Crippen molar-refractivity contribution >= 4 is 16.9 Å².